The quantitative estimate of drug-likeness (QED) is 0.276. The lowest BCUT2D eigenvalue weighted by atomic mass is 9.32. The van der Waals surface area contributed by atoms with Crippen LogP contribution in [0.2, 0.25) is 0 Å². The summed E-state index contributed by atoms with van der Waals surface area (Å²) in [6, 6.07) is 9.05. The van der Waals surface area contributed by atoms with Gasteiger partial charge in [-0.05, 0) is 135 Å². The Labute approximate surface area is 261 Å². The zero-order valence-electron chi connectivity index (χ0n) is 28.1. The number of nitrogens with one attached hydrogen (secondary N) is 1. The van der Waals surface area contributed by atoms with Crippen molar-refractivity contribution >= 4 is 11.9 Å². The van der Waals surface area contributed by atoms with E-state index in [-0.39, 0.29) is 35.4 Å². The van der Waals surface area contributed by atoms with E-state index in [1.54, 1.807) is 12.1 Å². The minimum Gasteiger partial charge on any atom is -0.460 e. The molecule has 1 aromatic carbocycles. The number of esters is 1. The Hall–Kier alpha value is -2.10. The number of hydrogen-bond acceptors (Lipinski definition) is 3. The van der Waals surface area contributed by atoms with Gasteiger partial charge in [0.2, 0.25) is 0 Å². The second kappa shape index (κ2) is 10.5. The van der Waals surface area contributed by atoms with Crippen molar-refractivity contribution in [2.75, 3.05) is 6.54 Å². The Morgan fingerprint density at radius 2 is 1.56 bits per heavy atom. The second-order valence-corrected chi connectivity index (χ2v) is 17.2. The van der Waals surface area contributed by atoms with Crippen LogP contribution < -0.4 is 5.32 Å². The summed E-state index contributed by atoms with van der Waals surface area (Å²) in [5, 5.41) is 2.76. The lowest BCUT2D eigenvalue weighted by Crippen LogP contribution is -2.66. The Kier molecular flexibility index (Phi) is 7.53. The number of ether oxygens (including phenoxy) is 1. The van der Waals surface area contributed by atoms with Gasteiger partial charge >= 0.3 is 5.97 Å². The molecule has 0 spiro atoms. The summed E-state index contributed by atoms with van der Waals surface area (Å²) in [5.41, 5.74) is 3.33. The highest BCUT2D eigenvalue weighted by Crippen LogP contribution is 2.77. The lowest BCUT2D eigenvalue weighted by molar-refractivity contribution is -0.249. The van der Waals surface area contributed by atoms with Crippen molar-refractivity contribution in [2.45, 2.75) is 119 Å². The molecule has 4 heteroatoms. The number of amides is 1. The molecule has 0 radical (unpaired) electrons. The highest BCUT2D eigenvalue weighted by molar-refractivity contribution is 5.95. The molecular formula is C39H57NO3. The molecule has 5 saturated carbocycles. The highest BCUT2D eigenvalue weighted by atomic mass is 16.5. The third-order valence-corrected chi connectivity index (χ3v) is 15.1. The first kappa shape index (κ1) is 30.9. The van der Waals surface area contributed by atoms with Crippen molar-refractivity contribution in [1.29, 1.82) is 0 Å². The lowest BCUT2D eigenvalue weighted by Gasteiger charge is -2.73. The monoisotopic (exact) mass is 587 g/mol. The molecule has 6 rings (SSSR count). The van der Waals surface area contributed by atoms with Crippen molar-refractivity contribution in [2.24, 2.45) is 56.7 Å². The van der Waals surface area contributed by atoms with Crippen molar-refractivity contribution in [3.63, 3.8) is 0 Å². The molecule has 4 nitrogen and oxygen atoms in total. The summed E-state index contributed by atoms with van der Waals surface area (Å²) in [5.74, 6) is 2.95. The fourth-order valence-corrected chi connectivity index (χ4v) is 12.7. The van der Waals surface area contributed by atoms with E-state index in [2.05, 4.69) is 60.4 Å². The van der Waals surface area contributed by atoms with Crippen molar-refractivity contribution in [3.8, 4) is 0 Å². The van der Waals surface area contributed by atoms with E-state index in [0.29, 0.717) is 39.6 Å². The van der Waals surface area contributed by atoms with Crippen LogP contribution in [0.25, 0.3) is 0 Å². The van der Waals surface area contributed by atoms with Gasteiger partial charge in [0.05, 0.1) is 0 Å². The van der Waals surface area contributed by atoms with Gasteiger partial charge in [0, 0.05) is 11.0 Å². The van der Waals surface area contributed by atoms with Crippen LogP contribution in [0.15, 0.2) is 42.5 Å². The van der Waals surface area contributed by atoms with Gasteiger partial charge in [-0.25, -0.2) is 0 Å². The van der Waals surface area contributed by atoms with E-state index in [1.165, 1.54) is 56.9 Å². The molecule has 0 aliphatic heterocycles. The SMILES string of the molecule is C=C(C)[C@@H]1CC[C@]2(C)CC[C@]3(C)[C@H](CC[C@@H]4[C@@]5(C)CC[C@H](OC(=O)CNC(=O)c6ccccc6)C(C)(C)[C@@H]5CC[C@]43C)[C@@H]12. The molecular weight excluding hydrogens is 530 g/mol. The van der Waals surface area contributed by atoms with E-state index in [1.807, 2.05) is 18.2 Å². The summed E-state index contributed by atoms with van der Waals surface area (Å²) < 4.78 is 6.18. The smallest absolute Gasteiger partial charge is 0.325 e. The second-order valence-electron chi connectivity index (χ2n) is 17.2. The van der Waals surface area contributed by atoms with E-state index in [0.717, 1.165) is 24.7 Å². The van der Waals surface area contributed by atoms with Crippen LogP contribution in [0, 0.1) is 56.7 Å². The van der Waals surface area contributed by atoms with Crippen molar-refractivity contribution in [1.82, 2.24) is 5.32 Å². The minimum absolute atomic E-state index is 0.0893. The summed E-state index contributed by atoms with van der Waals surface area (Å²) in [7, 11) is 0. The maximum Gasteiger partial charge on any atom is 0.325 e. The first-order valence-corrected chi connectivity index (χ1v) is 17.4. The summed E-state index contributed by atoms with van der Waals surface area (Å²) >= 11 is 0. The maximum absolute atomic E-state index is 13.0. The third kappa shape index (κ3) is 4.58. The van der Waals surface area contributed by atoms with E-state index >= 15 is 0 Å². The van der Waals surface area contributed by atoms with Crippen LogP contribution in [-0.2, 0) is 9.53 Å². The summed E-state index contributed by atoms with van der Waals surface area (Å²) in [6.07, 6.45) is 12.6. The molecule has 10 atom stereocenters. The summed E-state index contributed by atoms with van der Waals surface area (Å²) in [6.45, 7) is 22.1. The number of rotatable bonds is 5. The maximum atomic E-state index is 13.0. The largest absolute Gasteiger partial charge is 0.460 e. The topological polar surface area (TPSA) is 55.4 Å². The number of benzene rings is 1. The standard InChI is InChI=1S/C39H57NO3/c1-25(2)27-16-19-36(5)22-23-38(7)28(33(27)36)14-15-30-37(6)20-18-31(35(3,4)29(37)17-21-39(30,38)8)43-32(41)24-40-34(42)26-12-10-9-11-13-26/h9-13,27-31,33H,1,14-24H2,2-8H3,(H,40,42)/t27-,28+,29-,30+,31-,33+,36+,37-,38+,39+/m0/s1. The minimum atomic E-state index is -0.325. The highest BCUT2D eigenvalue weighted by Gasteiger charge is 2.70. The van der Waals surface area contributed by atoms with Gasteiger partial charge in [-0.2, -0.15) is 0 Å². The molecule has 1 N–H and O–H groups in total. The van der Waals surface area contributed by atoms with Crippen LogP contribution >= 0.6 is 0 Å². The van der Waals surface area contributed by atoms with Gasteiger partial charge in [-0.1, -0.05) is 71.9 Å². The zero-order valence-corrected chi connectivity index (χ0v) is 28.1. The fourth-order valence-electron chi connectivity index (χ4n) is 12.7. The predicted molar refractivity (Wildman–Crippen MR) is 173 cm³/mol. The number of carbonyl (C=O) groups excluding carboxylic acids is 2. The molecule has 1 amide bonds. The molecule has 0 unspecified atom stereocenters. The molecule has 236 valence electrons. The Morgan fingerprint density at radius 3 is 2.26 bits per heavy atom. The first-order valence-electron chi connectivity index (χ1n) is 17.4. The van der Waals surface area contributed by atoms with Gasteiger partial charge in [0.25, 0.3) is 5.91 Å². The van der Waals surface area contributed by atoms with E-state index in [4.69, 9.17) is 4.74 Å². The Bertz CT molecular complexity index is 1270. The molecule has 0 aromatic heterocycles. The predicted octanol–water partition coefficient (Wildman–Crippen LogP) is 9.01. The van der Waals surface area contributed by atoms with Crippen molar-refractivity contribution in [3.05, 3.63) is 48.0 Å². The molecule has 5 fully saturated rings. The van der Waals surface area contributed by atoms with Crippen LogP contribution in [-0.4, -0.2) is 24.5 Å². The molecule has 43 heavy (non-hydrogen) atoms. The summed E-state index contributed by atoms with van der Waals surface area (Å²) in [4.78, 5) is 25.5. The van der Waals surface area contributed by atoms with Gasteiger partial charge in [-0.15, -0.1) is 0 Å². The van der Waals surface area contributed by atoms with Crippen LogP contribution in [0.4, 0.5) is 0 Å². The molecule has 1 aromatic rings. The van der Waals surface area contributed by atoms with Gasteiger partial charge in [-0.3, -0.25) is 9.59 Å². The number of hydrogen-bond donors (Lipinski definition) is 1. The zero-order chi connectivity index (χ0) is 31.0. The van der Waals surface area contributed by atoms with E-state index in [9.17, 15) is 9.59 Å². The molecule has 5 aliphatic rings. The molecule has 5 aliphatic carbocycles. The van der Waals surface area contributed by atoms with Crippen molar-refractivity contribution < 1.29 is 14.3 Å². The molecule has 0 heterocycles. The van der Waals surface area contributed by atoms with Gasteiger partial charge in [0.15, 0.2) is 0 Å². The Morgan fingerprint density at radius 1 is 0.837 bits per heavy atom. The average Bonchev–Trinajstić information content (AvgIpc) is 3.32. The Balaban J connectivity index is 1.18. The molecule has 0 saturated heterocycles. The number of fused-ring (bicyclic) bond motifs is 7. The van der Waals surface area contributed by atoms with Gasteiger partial charge in [0.1, 0.15) is 12.6 Å². The first-order chi connectivity index (χ1) is 20.2. The number of allylic oxidation sites excluding steroid dienone is 1. The van der Waals surface area contributed by atoms with Gasteiger partial charge < -0.3 is 10.1 Å². The molecule has 0 bridgehead atoms. The normalized spacial score (nSPS) is 44.6. The van der Waals surface area contributed by atoms with Crippen LogP contribution in [0.5, 0.6) is 0 Å². The number of carbonyl (C=O) groups is 2. The van der Waals surface area contributed by atoms with Crippen LogP contribution in [0.3, 0.4) is 0 Å². The third-order valence-electron chi connectivity index (χ3n) is 15.1. The fraction of sp³-hybridized carbons (Fsp3) is 0.744. The average molecular weight is 588 g/mol. The van der Waals surface area contributed by atoms with Crippen LogP contribution in [0.1, 0.15) is 123 Å². The van der Waals surface area contributed by atoms with E-state index < -0.39 is 0 Å².